The number of nitrogens with two attached hydrogens (primary N) is 2. The molecule has 0 fully saturated rings. The van der Waals surface area contributed by atoms with Crippen LogP contribution >= 0.6 is 0 Å². The minimum absolute atomic E-state index is 0.117. The highest BCUT2D eigenvalue weighted by Crippen LogP contribution is 2.28. The van der Waals surface area contributed by atoms with E-state index in [2.05, 4.69) is 13.8 Å². The van der Waals surface area contributed by atoms with Gasteiger partial charge in [0.1, 0.15) is 0 Å². The maximum absolute atomic E-state index is 11.1. The van der Waals surface area contributed by atoms with Gasteiger partial charge in [0, 0.05) is 12.8 Å². The van der Waals surface area contributed by atoms with Gasteiger partial charge in [0.15, 0.2) is 0 Å². The standard InChI is InChI=1S/C15H22N2O2/c1-10(2)13(9-15(17)19)12-5-3-4-11(8-12)6-7-14(16)18/h3-5,8,10,13H,6-7,9H2,1-2H3,(H2,16,18)(H2,17,19). The summed E-state index contributed by atoms with van der Waals surface area (Å²) in [6, 6.07) is 7.95. The second-order valence-corrected chi connectivity index (χ2v) is 5.23. The Morgan fingerprint density at radius 2 is 1.84 bits per heavy atom. The number of rotatable bonds is 7. The van der Waals surface area contributed by atoms with Crippen LogP contribution in [0.3, 0.4) is 0 Å². The van der Waals surface area contributed by atoms with Crippen LogP contribution in [0, 0.1) is 5.92 Å². The van der Waals surface area contributed by atoms with Crippen molar-refractivity contribution in [2.45, 2.75) is 39.0 Å². The highest BCUT2D eigenvalue weighted by atomic mass is 16.1. The number of carbonyl (C=O) groups is 2. The normalized spacial score (nSPS) is 12.4. The number of benzene rings is 1. The second-order valence-electron chi connectivity index (χ2n) is 5.23. The van der Waals surface area contributed by atoms with E-state index in [0.717, 1.165) is 11.1 Å². The molecular formula is C15H22N2O2. The number of amides is 2. The van der Waals surface area contributed by atoms with E-state index in [1.54, 1.807) is 0 Å². The number of hydrogen-bond acceptors (Lipinski definition) is 2. The lowest BCUT2D eigenvalue weighted by atomic mass is 9.84. The van der Waals surface area contributed by atoms with Crippen molar-refractivity contribution in [1.82, 2.24) is 0 Å². The van der Waals surface area contributed by atoms with Gasteiger partial charge in [-0.1, -0.05) is 38.1 Å². The van der Waals surface area contributed by atoms with Crippen LogP contribution in [0.1, 0.15) is 43.7 Å². The molecule has 2 amide bonds. The Bertz CT molecular complexity index is 455. The molecule has 1 aromatic carbocycles. The first-order valence-electron chi connectivity index (χ1n) is 6.55. The highest BCUT2D eigenvalue weighted by molar-refractivity contribution is 5.75. The van der Waals surface area contributed by atoms with E-state index in [4.69, 9.17) is 11.5 Å². The predicted octanol–water partition coefficient (Wildman–Crippen LogP) is 1.72. The molecule has 0 heterocycles. The third kappa shape index (κ3) is 5.12. The molecule has 1 rings (SSSR count). The summed E-state index contributed by atoms with van der Waals surface area (Å²) >= 11 is 0. The summed E-state index contributed by atoms with van der Waals surface area (Å²) in [5.41, 5.74) is 12.6. The van der Waals surface area contributed by atoms with E-state index < -0.39 is 0 Å². The van der Waals surface area contributed by atoms with Crippen molar-refractivity contribution in [3.8, 4) is 0 Å². The summed E-state index contributed by atoms with van der Waals surface area (Å²) in [5, 5.41) is 0. The van der Waals surface area contributed by atoms with Gasteiger partial charge in [-0.05, 0) is 29.4 Å². The summed E-state index contributed by atoms with van der Waals surface area (Å²) < 4.78 is 0. The molecule has 104 valence electrons. The maximum Gasteiger partial charge on any atom is 0.218 e. The first-order valence-corrected chi connectivity index (χ1v) is 6.55. The lowest BCUT2D eigenvalue weighted by Crippen LogP contribution is -2.18. The zero-order chi connectivity index (χ0) is 14.4. The first-order chi connectivity index (χ1) is 8.90. The molecule has 19 heavy (non-hydrogen) atoms. The average Bonchev–Trinajstić information content (AvgIpc) is 2.33. The average molecular weight is 262 g/mol. The van der Waals surface area contributed by atoms with Crippen LogP contribution < -0.4 is 11.5 Å². The van der Waals surface area contributed by atoms with E-state index in [9.17, 15) is 9.59 Å². The molecule has 4 heteroatoms. The third-order valence-corrected chi connectivity index (χ3v) is 3.27. The van der Waals surface area contributed by atoms with Gasteiger partial charge >= 0.3 is 0 Å². The number of primary amides is 2. The van der Waals surface area contributed by atoms with Gasteiger partial charge in [-0.2, -0.15) is 0 Å². The largest absolute Gasteiger partial charge is 0.370 e. The zero-order valence-electron chi connectivity index (χ0n) is 11.6. The van der Waals surface area contributed by atoms with Crippen LogP contribution in [-0.2, 0) is 16.0 Å². The minimum Gasteiger partial charge on any atom is -0.370 e. The van der Waals surface area contributed by atoms with E-state index >= 15 is 0 Å². The minimum atomic E-state index is -0.303. The van der Waals surface area contributed by atoms with Gasteiger partial charge in [0.05, 0.1) is 0 Å². The van der Waals surface area contributed by atoms with E-state index in [1.165, 1.54) is 0 Å². The topological polar surface area (TPSA) is 86.2 Å². The summed E-state index contributed by atoms with van der Waals surface area (Å²) in [6.45, 7) is 4.15. The molecule has 1 aromatic rings. The van der Waals surface area contributed by atoms with Crippen LogP contribution in [0.2, 0.25) is 0 Å². The molecule has 4 N–H and O–H groups in total. The fourth-order valence-electron chi connectivity index (χ4n) is 2.20. The molecular weight excluding hydrogens is 240 g/mol. The van der Waals surface area contributed by atoms with Gasteiger partial charge in [0.2, 0.25) is 11.8 Å². The van der Waals surface area contributed by atoms with Gasteiger partial charge in [0.25, 0.3) is 0 Å². The molecule has 0 radical (unpaired) electrons. The van der Waals surface area contributed by atoms with Crippen molar-refractivity contribution in [2.24, 2.45) is 17.4 Å². The van der Waals surface area contributed by atoms with Gasteiger partial charge in [-0.15, -0.1) is 0 Å². The molecule has 4 nitrogen and oxygen atoms in total. The quantitative estimate of drug-likeness (QED) is 0.783. The monoisotopic (exact) mass is 262 g/mol. The van der Waals surface area contributed by atoms with Crippen LogP contribution in [-0.4, -0.2) is 11.8 Å². The number of carbonyl (C=O) groups excluding carboxylic acids is 2. The molecule has 0 saturated heterocycles. The van der Waals surface area contributed by atoms with Gasteiger partial charge in [-0.25, -0.2) is 0 Å². The molecule has 0 bridgehead atoms. The Morgan fingerprint density at radius 1 is 1.16 bits per heavy atom. The zero-order valence-corrected chi connectivity index (χ0v) is 11.6. The molecule has 0 saturated carbocycles. The molecule has 1 unspecified atom stereocenters. The van der Waals surface area contributed by atoms with Crippen LogP contribution in [0.15, 0.2) is 24.3 Å². The predicted molar refractivity (Wildman–Crippen MR) is 75.3 cm³/mol. The molecule has 0 aliphatic heterocycles. The highest BCUT2D eigenvalue weighted by Gasteiger charge is 2.18. The van der Waals surface area contributed by atoms with Crippen molar-refractivity contribution in [1.29, 1.82) is 0 Å². The Hall–Kier alpha value is -1.84. The van der Waals surface area contributed by atoms with Gasteiger partial charge in [-0.3, -0.25) is 9.59 Å². The Morgan fingerprint density at radius 3 is 2.37 bits per heavy atom. The molecule has 0 aliphatic carbocycles. The molecule has 1 atom stereocenters. The molecule has 0 aromatic heterocycles. The van der Waals surface area contributed by atoms with E-state index in [1.807, 2.05) is 24.3 Å². The Kier molecular flexibility index (Phi) is 5.55. The summed E-state index contributed by atoms with van der Waals surface area (Å²) in [6.07, 6.45) is 1.31. The van der Waals surface area contributed by atoms with Crippen LogP contribution in [0.4, 0.5) is 0 Å². The number of aryl methyl sites for hydroxylation is 1. The van der Waals surface area contributed by atoms with Crippen molar-refractivity contribution in [3.63, 3.8) is 0 Å². The molecule has 0 aliphatic rings. The Labute approximate surface area is 114 Å². The second kappa shape index (κ2) is 6.92. The van der Waals surface area contributed by atoms with Crippen molar-refractivity contribution in [2.75, 3.05) is 0 Å². The van der Waals surface area contributed by atoms with Gasteiger partial charge < -0.3 is 11.5 Å². The SMILES string of the molecule is CC(C)C(CC(N)=O)c1cccc(CCC(N)=O)c1. The smallest absolute Gasteiger partial charge is 0.218 e. The van der Waals surface area contributed by atoms with E-state index in [-0.39, 0.29) is 17.7 Å². The lowest BCUT2D eigenvalue weighted by Gasteiger charge is -2.20. The van der Waals surface area contributed by atoms with Crippen molar-refractivity contribution in [3.05, 3.63) is 35.4 Å². The van der Waals surface area contributed by atoms with Crippen molar-refractivity contribution < 1.29 is 9.59 Å². The van der Waals surface area contributed by atoms with Crippen molar-refractivity contribution >= 4 is 11.8 Å². The fraction of sp³-hybridized carbons (Fsp3) is 0.467. The lowest BCUT2D eigenvalue weighted by molar-refractivity contribution is -0.119. The Balaban J connectivity index is 2.88. The summed E-state index contributed by atoms with van der Waals surface area (Å²) in [7, 11) is 0. The van der Waals surface area contributed by atoms with Crippen LogP contribution in [0.25, 0.3) is 0 Å². The third-order valence-electron chi connectivity index (χ3n) is 3.27. The van der Waals surface area contributed by atoms with Crippen LogP contribution in [0.5, 0.6) is 0 Å². The van der Waals surface area contributed by atoms with E-state index in [0.29, 0.717) is 25.2 Å². The molecule has 0 spiro atoms. The number of hydrogen-bond donors (Lipinski definition) is 2. The maximum atomic E-state index is 11.1. The summed E-state index contributed by atoms with van der Waals surface area (Å²) in [5.74, 6) is -0.144. The summed E-state index contributed by atoms with van der Waals surface area (Å²) in [4.78, 5) is 22.0. The first kappa shape index (κ1) is 15.2. The fourth-order valence-corrected chi connectivity index (χ4v) is 2.20.